The van der Waals surface area contributed by atoms with E-state index in [2.05, 4.69) is 26.2 Å². The molecule has 0 radical (unpaired) electrons. The lowest BCUT2D eigenvalue weighted by Gasteiger charge is -2.07. The lowest BCUT2D eigenvalue weighted by molar-refractivity contribution is 0.102. The molecule has 0 aliphatic rings. The van der Waals surface area contributed by atoms with Crippen LogP contribution in [0.1, 0.15) is 10.4 Å². The smallest absolute Gasteiger partial charge is 0.257 e. The van der Waals surface area contributed by atoms with Crippen LogP contribution < -0.4 is 5.32 Å². The Kier molecular flexibility index (Phi) is 3.75. The minimum Gasteiger partial charge on any atom is -0.506 e. The first-order chi connectivity index (χ1) is 8.97. The van der Waals surface area contributed by atoms with E-state index in [9.17, 15) is 18.7 Å². The molecule has 98 valence electrons. The molecule has 1 amide bonds. The summed E-state index contributed by atoms with van der Waals surface area (Å²) in [5.74, 6) is -2.52. The SMILES string of the molecule is O=C(Nc1cc(Br)c(F)cc1F)c1cncc(O)c1. The second kappa shape index (κ2) is 5.31. The molecule has 1 heterocycles. The number of nitrogens with zero attached hydrogens (tertiary/aromatic N) is 1. The number of aromatic hydroxyl groups is 1. The highest BCUT2D eigenvalue weighted by molar-refractivity contribution is 9.10. The molecule has 0 saturated heterocycles. The van der Waals surface area contributed by atoms with E-state index in [0.29, 0.717) is 6.07 Å². The fraction of sp³-hybridized carbons (Fsp3) is 0. The Morgan fingerprint density at radius 3 is 2.63 bits per heavy atom. The van der Waals surface area contributed by atoms with Crippen LogP contribution in [-0.2, 0) is 0 Å². The van der Waals surface area contributed by atoms with Gasteiger partial charge in [0.05, 0.1) is 21.9 Å². The van der Waals surface area contributed by atoms with E-state index < -0.39 is 17.5 Å². The molecule has 0 bridgehead atoms. The lowest BCUT2D eigenvalue weighted by Crippen LogP contribution is -2.13. The second-order valence-electron chi connectivity index (χ2n) is 3.63. The van der Waals surface area contributed by atoms with E-state index in [0.717, 1.165) is 12.3 Å². The molecule has 4 nitrogen and oxygen atoms in total. The summed E-state index contributed by atoms with van der Waals surface area (Å²) in [6, 6.07) is 2.94. The standard InChI is InChI=1S/C12H7BrF2N2O2/c13-8-2-11(10(15)3-9(8)14)17-12(19)6-1-7(18)5-16-4-6/h1-5,18H,(H,17,19). The zero-order valence-electron chi connectivity index (χ0n) is 9.32. The third-order valence-electron chi connectivity index (χ3n) is 2.24. The number of carbonyl (C=O) groups is 1. The number of amides is 1. The normalized spacial score (nSPS) is 10.3. The van der Waals surface area contributed by atoms with Gasteiger partial charge >= 0.3 is 0 Å². The lowest BCUT2D eigenvalue weighted by atomic mass is 10.2. The summed E-state index contributed by atoms with van der Waals surface area (Å²) in [6.45, 7) is 0. The number of hydrogen-bond donors (Lipinski definition) is 2. The average molecular weight is 329 g/mol. The molecule has 7 heteroatoms. The van der Waals surface area contributed by atoms with Gasteiger partial charge in [0.1, 0.15) is 17.4 Å². The van der Waals surface area contributed by atoms with Gasteiger partial charge in [-0.1, -0.05) is 0 Å². The van der Waals surface area contributed by atoms with Crippen molar-refractivity contribution < 1.29 is 18.7 Å². The first kappa shape index (κ1) is 13.4. The molecule has 2 N–H and O–H groups in total. The third kappa shape index (κ3) is 3.05. The van der Waals surface area contributed by atoms with Crippen LogP contribution in [0, 0.1) is 11.6 Å². The summed E-state index contributed by atoms with van der Waals surface area (Å²) >= 11 is 2.89. The van der Waals surface area contributed by atoms with Crippen LogP contribution in [0.2, 0.25) is 0 Å². The van der Waals surface area contributed by atoms with E-state index in [1.165, 1.54) is 12.3 Å². The molecule has 2 rings (SSSR count). The number of benzene rings is 1. The molecular formula is C12H7BrF2N2O2. The van der Waals surface area contributed by atoms with E-state index >= 15 is 0 Å². The van der Waals surface area contributed by atoms with Crippen molar-refractivity contribution in [1.29, 1.82) is 0 Å². The Labute approximate surface area is 115 Å². The number of pyridine rings is 1. The molecular weight excluding hydrogens is 322 g/mol. The summed E-state index contributed by atoms with van der Waals surface area (Å²) in [4.78, 5) is 15.4. The van der Waals surface area contributed by atoms with Crippen molar-refractivity contribution in [1.82, 2.24) is 4.98 Å². The van der Waals surface area contributed by atoms with Crippen LogP contribution in [0.25, 0.3) is 0 Å². The Morgan fingerprint density at radius 1 is 1.21 bits per heavy atom. The summed E-state index contributed by atoms with van der Waals surface area (Å²) in [5, 5.41) is 11.4. The molecule has 0 atom stereocenters. The van der Waals surface area contributed by atoms with Gasteiger partial charge in [0.25, 0.3) is 5.91 Å². The van der Waals surface area contributed by atoms with E-state index in [4.69, 9.17) is 0 Å². The van der Waals surface area contributed by atoms with Gasteiger partial charge in [0, 0.05) is 12.3 Å². The van der Waals surface area contributed by atoms with E-state index in [1.54, 1.807) is 0 Å². The number of carbonyl (C=O) groups excluding carboxylic acids is 1. The van der Waals surface area contributed by atoms with Gasteiger partial charge in [-0.05, 0) is 28.1 Å². The van der Waals surface area contributed by atoms with Crippen molar-refractivity contribution in [3.8, 4) is 5.75 Å². The van der Waals surface area contributed by atoms with Crippen molar-refractivity contribution >= 4 is 27.5 Å². The maximum Gasteiger partial charge on any atom is 0.257 e. The van der Waals surface area contributed by atoms with Crippen molar-refractivity contribution in [2.45, 2.75) is 0 Å². The van der Waals surface area contributed by atoms with Crippen LogP contribution in [-0.4, -0.2) is 16.0 Å². The first-order valence-corrected chi connectivity index (χ1v) is 5.86. The topological polar surface area (TPSA) is 62.2 Å². The van der Waals surface area contributed by atoms with Crippen LogP contribution in [0.3, 0.4) is 0 Å². The van der Waals surface area contributed by atoms with E-state index in [-0.39, 0.29) is 21.5 Å². The highest BCUT2D eigenvalue weighted by Gasteiger charge is 2.13. The number of nitrogens with one attached hydrogen (secondary N) is 1. The predicted octanol–water partition coefficient (Wildman–Crippen LogP) is 3.08. The summed E-state index contributed by atoms with van der Waals surface area (Å²) in [7, 11) is 0. The molecule has 0 fully saturated rings. The Bertz CT molecular complexity index is 650. The molecule has 1 aromatic heterocycles. The summed E-state index contributed by atoms with van der Waals surface area (Å²) in [6.07, 6.45) is 2.37. The van der Waals surface area contributed by atoms with Gasteiger partial charge in [-0.15, -0.1) is 0 Å². The van der Waals surface area contributed by atoms with Gasteiger partial charge < -0.3 is 10.4 Å². The molecule has 0 saturated carbocycles. The largest absolute Gasteiger partial charge is 0.506 e. The molecule has 0 unspecified atom stereocenters. The molecule has 19 heavy (non-hydrogen) atoms. The van der Waals surface area contributed by atoms with Crippen molar-refractivity contribution in [2.24, 2.45) is 0 Å². The van der Waals surface area contributed by atoms with E-state index in [1.807, 2.05) is 0 Å². The fourth-order valence-electron chi connectivity index (χ4n) is 1.36. The summed E-state index contributed by atoms with van der Waals surface area (Å²) < 4.78 is 26.5. The van der Waals surface area contributed by atoms with Gasteiger partial charge in [-0.25, -0.2) is 8.78 Å². The Balaban J connectivity index is 2.27. The maximum absolute atomic E-state index is 13.4. The minimum absolute atomic E-state index is 0.0261. The van der Waals surface area contributed by atoms with Gasteiger partial charge in [0.15, 0.2) is 0 Å². The number of hydrogen-bond acceptors (Lipinski definition) is 3. The maximum atomic E-state index is 13.4. The first-order valence-electron chi connectivity index (χ1n) is 5.07. The van der Waals surface area contributed by atoms with Crippen molar-refractivity contribution in [3.63, 3.8) is 0 Å². The van der Waals surface area contributed by atoms with Crippen LogP contribution >= 0.6 is 15.9 Å². The zero-order chi connectivity index (χ0) is 14.0. The van der Waals surface area contributed by atoms with Crippen molar-refractivity contribution in [2.75, 3.05) is 5.32 Å². The highest BCUT2D eigenvalue weighted by atomic mass is 79.9. The zero-order valence-corrected chi connectivity index (χ0v) is 10.9. The molecule has 0 aliphatic heterocycles. The van der Waals surface area contributed by atoms with Gasteiger partial charge in [-0.2, -0.15) is 0 Å². The van der Waals surface area contributed by atoms with Crippen LogP contribution in [0.15, 0.2) is 35.1 Å². The fourth-order valence-corrected chi connectivity index (χ4v) is 1.71. The third-order valence-corrected chi connectivity index (χ3v) is 2.85. The molecule has 0 aliphatic carbocycles. The number of anilines is 1. The Hall–Kier alpha value is -2.02. The van der Waals surface area contributed by atoms with Gasteiger partial charge in [0.2, 0.25) is 0 Å². The minimum atomic E-state index is -0.901. The van der Waals surface area contributed by atoms with Crippen molar-refractivity contribution in [3.05, 3.63) is 52.3 Å². The molecule has 2 aromatic rings. The average Bonchev–Trinajstić information content (AvgIpc) is 2.36. The number of rotatable bonds is 2. The molecule has 0 spiro atoms. The second-order valence-corrected chi connectivity index (χ2v) is 4.49. The van der Waals surface area contributed by atoms with Crippen LogP contribution in [0.5, 0.6) is 5.75 Å². The number of aromatic nitrogens is 1. The monoisotopic (exact) mass is 328 g/mol. The van der Waals surface area contributed by atoms with Crippen LogP contribution in [0.4, 0.5) is 14.5 Å². The summed E-state index contributed by atoms with van der Waals surface area (Å²) in [5.41, 5.74) is -0.124. The number of halogens is 3. The van der Waals surface area contributed by atoms with Gasteiger partial charge in [-0.3, -0.25) is 9.78 Å². The highest BCUT2D eigenvalue weighted by Crippen LogP contribution is 2.24. The molecule has 1 aromatic carbocycles. The Morgan fingerprint density at radius 2 is 1.95 bits per heavy atom. The quantitative estimate of drug-likeness (QED) is 0.833. The predicted molar refractivity (Wildman–Crippen MR) is 67.9 cm³/mol.